The maximum atomic E-state index is 12.9. The van der Waals surface area contributed by atoms with Gasteiger partial charge in [0.1, 0.15) is 17.5 Å². The van der Waals surface area contributed by atoms with Crippen molar-refractivity contribution in [2.45, 2.75) is 18.4 Å². The minimum absolute atomic E-state index is 0.348. The molecular weight excluding hydrogens is 426 g/mol. The molecule has 4 rings (SSSR count). The number of aromatic nitrogens is 2. The number of anilines is 2. The molecule has 2 saturated heterocycles. The largest absolute Gasteiger partial charge is 0.366 e. The van der Waals surface area contributed by atoms with E-state index in [1.807, 2.05) is 32.2 Å². The highest BCUT2D eigenvalue weighted by atomic mass is 32.2. The second-order valence-corrected chi connectivity index (χ2v) is 10.6. The van der Waals surface area contributed by atoms with Gasteiger partial charge in [-0.2, -0.15) is 4.31 Å². The molecular formula is C22H33N7O2S. The lowest BCUT2D eigenvalue weighted by molar-refractivity contribution is 0.222. The summed E-state index contributed by atoms with van der Waals surface area (Å²) >= 11 is 0. The molecule has 32 heavy (non-hydrogen) atoms. The van der Waals surface area contributed by atoms with Crippen LogP contribution in [0.3, 0.4) is 0 Å². The van der Waals surface area contributed by atoms with Gasteiger partial charge in [0.05, 0.1) is 4.90 Å². The number of aryl methyl sites for hydroxylation is 1. The van der Waals surface area contributed by atoms with Crippen molar-refractivity contribution in [1.82, 2.24) is 24.1 Å². The highest BCUT2D eigenvalue weighted by Crippen LogP contribution is 2.20. The van der Waals surface area contributed by atoms with Gasteiger partial charge in [0, 0.05) is 65.0 Å². The van der Waals surface area contributed by atoms with Crippen molar-refractivity contribution in [2.24, 2.45) is 0 Å². The highest BCUT2D eigenvalue weighted by Gasteiger charge is 2.27. The molecule has 9 nitrogen and oxygen atoms in total. The van der Waals surface area contributed by atoms with Crippen molar-refractivity contribution in [3.8, 4) is 0 Å². The summed E-state index contributed by atoms with van der Waals surface area (Å²) in [6.07, 6.45) is 0. The van der Waals surface area contributed by atoms with Crippen molar-refractivity contribution in [2.75, 3.05) is 76.7 Å². The molecule has 1 aromatic heterocycles. The number of rotatable bonds is 6. The Morgan fingerprint density at radius 2 is 1.47 bits per heavy atom. The fraction of sp³-hybridized carbons (Fsp3) is 0.545. The number of hydrogen-bond acceptors (Lipinski definition) is 8. The minimum atomic E-state index is -3.44. The number of benzene rings is 1. The molecule has 174 valence electrons. The Balaban J connectivity index is 1.39. The number of nitrogens with one attached hydrogen (secondary N) is 1. The molecule has 0 spiro atoms. The van der Waals surface area contributed by atoms with Crippen LogP contribution in [0, 0.1) is 6.92 Å². The predicted octanol–water partition coefficient (Wildman–Crippen LogP) is 1.09. The summed E-state index contributed by atoms with van der Waals surface area (Å²) in [7, 11) is 0.709. The summed E-state index contributed by atoms with van der Waals surface area (Å²) in [5, 5.41) is 3.36. The van der Waals surface area contributed by atoms with Crippen LogP contribution < -0.4 is 10.2 Å². The van der Waals surface area contributed by atoms with E-state index >= 15 is 0 Å². The van der Waals surface area contributed by atoms with Gasteiger partial charge in [-0.05, 0) is 38.7 Å². The fourth-order valence-electron chi connectivity index (χ4n) is 3.99. The van der Waals surface area contributed by atoms with E-state index in [1.165, 1.54) is 0 Å². The standard InChI is InChI=1S/C22H33N7O2S/c1-18-24-21(16-22(25-18)28-12-8-26(2)9-13-28)23-17-19-4-6-20(7-5-19)32(30,31)29-14-10-27(3)11-15-29/h4-7,16H,8-15,17H2,1-3H3,(H,23,24,25). The number of sulfonamides is 1. The molecule has 0 radical (unpaired) electrons. The summed E-state index contributed by atoms with van der Waals surface area (Å²) in [5.74, 6) is 2.46. The predicted molar refractivity (Wildman–Crippen MR) is 127 cm³/mol. The summed E-state index contributed by atoms with van der Waals surface area (Å²) in [6, 6.07) is 9.12. The number of hydrogen-bond donors (Lipinski definition) is 1. The van der Waals surface area contributed by atoms with Crippen LogP contribution in [0.25, 0.3) is 0 Å². The van der Waals surface area contributed by atoms with Crippen LogP contribution in [0.15, 0.2) is 35.2 Å². The van der Waals surface area contributed by atoms with Gasteiger partial charge < -0.3 is 20.0 Å². The van der Waals surface area contributed by atoms with E-state index in [2.05, 4.69) is 37.0 Å². The van der Waals surface area contributed by atoms with E-state index in [9.17, 15) is 8.42 Å². The molecule has 2 fully saturated rings. The third-order valence-electron chi connectivity index (χ3n) is 6.15. The van der Waals surface area contributed by atoms with Gasteiger partial charge in [-0.3, -0.25) is 0 Å². The molecule has 2 aliphatic rings. The van der Waals surface area contributed by atoms with Gasteiger partial charge in [-0.1, -0.05) is 12.1 Å². The van der Waals surface area contributed by atoms with Crippen LogP contribution in [0.5, 0.6) is 0 Å². The molecule has 0 aliphatic carbocycles. The quantitative estimate of drug-likeness (QED) is 0.687. The molecule has 3 heterocycles. The average Bonchev–Trinajstić information content (AvgIpc) is 2.78. The zero-order chi connectivity index (χ0) is 22.7. The number of likely N-dealkylation sites (N-methyl/N-ethyl adjacent to an activating group) is 2. The van der Waals surface area contributed by atoms with E-state index in [0.717, 1.165) is 62.3 Å². The van der Waals surface area contributed by atoms with Crippen molar-refractivity contribution in [1.29, 1.82) is 0 Å². The molecule has 2 aromatic rings. The Labute approximate surface area is 191 Å². The van der Waals surface area contributed by atoms with Gasteiger partial charge in [0.2, 0.25) is 10.0 Å². The Kier molecular flexibility index (Phi) is 6.94. The molecule has 1 aromatic carbocycles. The molecule has 2 aliphatic heterocycles. The molecule has 0 unspecified atom stereocenters. The lowest BCUT2D eigenvalue weighted by Crippen LogP contribution is -2.46. The first-order valence-corrected chi connectivity index (χ1v) is 12.6. The van der Waals surface area contributed by atoms with Gasteiger partial charge in [0.15, 0.2) is 0 Å². The van der Waals surface area contributed by atoms with Crippen LogP contribution in [0.2, 0.25) is 0 Å². The second kappa shape index (κ2) is 9.70. The van der Waals surface area contributed by atoms with Crippen LogP contribution in [-0.2, 0) is 16.6 Å². The topological polar surface area (TPSA) is 84.9 Å². The molecule has 0 amide bonds. The molecule has 10 heteroatoms. The fourth-order valence-corrected chi connectivity index (χ4v) is 5.41. The van der Waals surface area contributed by atoms with E-state index in [-0.39, 0.29) is 0 Å². The van der Waals surface area contributed by atoms with Crippen molar-refractivity contribution in [3.63, 3.8) is 0 Å². The molecule has 1 N–H and O–H groups in total. The van der Waals surface area contributed by atoms with Crippen molar-refractivity contribution < 1.29 is 8.42 Å². The first kappa shape index (κ1) is 22.9. The minimum Gasteiger partial charge on any atom is -0.366 e. The maximum Gasteiger partial charge on any atom is 0.243 e. The summed E-state index contributed by atoms with van der Waals surface area (Å²) < 4.78 is 27.4. The molecule has 0 saturated carbocycles. The lowest BCUT2D eigenvalue weighted by atomic mass is 10.2. The van der Waals surface area contributed by atoms with Crippen molar-refractivity contribution >= 4 is 21.7 Å². The van der Waals surface area contributed by atoms with Gasteiger partial charge >= 0.3 is 0 Å². The SMILES string of the molecule is Cc1nc(NCc2ccc(S(=O)(=O)N3CCN(C)CC3)cc2)cc(N2CCN(C)CC2)n1. The number of nitrogens with zero attached hydrogens (tertiary/aromatic N) is 6. The normalized spacial score (nSPS) is 19.3. The monoisotopic (exact) mass is 459 g/mol. The summed E-state index contributed by atoms with van der Waals surface area (Å²) in [4.78, 5) is 16.2. The Hall–Kier alpha value is -2.27. The Bertz CT molecular complexity index is 1010. The smallest absolute Gasteiger partial charge is 0.243 e. The Morgan fingerprint density at radius 1 is 0.875 bits per heavy atom. The van der Waals surface area contributed by atoms with Crippen LogP contribution in [0.4, 0.5) is 11.6 Å². The van der Waals surface area contributed by atoms with Gasteiger partial charge in [-0.25, -0.2) is 18.4 Å². The summed E-state index contributed by atoms with van der Waals surface area (Å²) in [6.45, 7) is 9.01. The van der Waals surface area contributed by atoms with E-state index in [0.29, 0.717) is 24.5 Å². The second-order valence-electron chi connectivity index (χ2n) is 8.65. The molecule has 0 bridgehead atoms. The van der Waals surface area contributed by atoms with Gasteiger partial charge in [-0.15, -0.1) is 0 Å². The van der Waals surface area contributed by atoms with Crippen molar-refractivity contribution in [3.05, 3.63) is 41.7 Å². The third kappa shape index (κ3) is 5.37. The lowest BCUT2D eigenvalue weighted by Gasteiger charge is -2.33. The zero-order valence-electron chi connectivity index (χ0n) is 19.2. The van der Waals surface area contributed by atoms with E-state index in [4.69, 9.17) is 0 Å². The maximum absolute atomic E-state index is 12.9. The number of piperazine rings is 2. The van der Waals surface area contributed by atoms with Crippen LogP contribution in [0.1, 0.15) is 11.4 Å². The van der Waals surface area contributed by atoms with E-state index < -0.39 is 10.0 Å². The average molecular weight is 460 g/mol. The third-order valence-corrected chi connectivity index (χ3v) is 8.06. The summed E-state index contributed by atoms with van der Waals surface area (Å²) in [5.41, 5.74) is 1.000. The molecule has 0 atom stereocenters. The first-order chi connectivity index (χ1) is 15.3. The first-order valence-electron chi connectivity index (χ1n) is 11.1. The van der Waals surface area contributed by atoms with E-state index in [1.54, 1.807) is 16.4 Å². The Morgan fingerprint density at radius 3 is 2.09 bits per heavy atom. The zero-order valence-corrected chi connectivity index (χ0v) is 20.0. The van der Waals surface area contributed by atoms with Gasteiger partial charge in [0.25, 0.3) is 0 Å². The highest BCUT2D eigenvalue weighted by molar-refractivity contribution is 7.89. The van der Waals surface area contributed by atoms with Crippen LogP contribution in [-0.4, -0.2) is 98.9 Å². The van der Waals surface area contributed by atoms with Crippen LogP contribution >= 0.6 is 0 Å².